The second kappa shape index (κ2) is 11.6. The standard InChI is InChI=1S/C42H26N4/c43-27-28-21-32(23-34(22-28)38-24-31-9-1-2-10-35(31)36-11-3-4-12-37(36)38)29-15-17-30(18-16-29)33-25-41(39-13-5-7-19-44-39)46-42(26-33)40-14-6-8-20-45-40/h1-26H. The lowest BCUT2D eigenvalue weighted by molar-refractivity contribution is 1.22. The van der Waals surface area contributed by atoms with Gasteiger partial charge in [0.25, 0.3) is 0 Å². The Morgan fingerprint density at radius 3 is 1.57 bits per heavy atom. The third-order valence-electron chi connectivity index (χ3n) is 8.37. The summed E-state index contributed by atoms with van der Waals surface area (Å²) in [5.74, 6) is 0. The summed E-state index contributed by atoms with van der Waals surface area (Å²) in [5.41, 5.74) is 10.1. The van der Waals surface area contributed by atoms with Gasteiger partial charge in [-0.15, -0.1) is 0 Å². The Morgan fingerprint density at radius 1 is 0.413 bits per heavy atom. The molecule has 214 valence electrons. The topological polar surface area (TPSA) is 62.5 Å². The van der Waals surface area contributed by atoms with Crippen LogP contribution in [0.5, 0.6) is 0 Å². The fourth-order valence-corrected chi connectivity index (χ4v) is 6.15. The van der Waals surface area contributed by atoms with Gasteiger partial charge < -0.3 is 0 Å². The average molecular weight is 587 g/mol. The lowest BCUT2D eigenvalue weighted by Gasteiger charge is -2.13. The molecule has 8 aromatic rings. The summed E-state index contributed by atoms with van der Waals surface area (Å²) in [5, 5.41) is 14.8. The van der Waals surface area contributed by atoms with Crippen LogP contribution < -0.4 is 0 Å². The highest BCUT2D eigenvalue weighted by Crippen LogP contribution is 2.37. The van der Waals surface area contributed by atoms with Crippen molar-refractivity contribution in [1.29, 1.82) is 5.26 Å². The fraction of sp³-hybridized carbons (Fsp3) is 0. The number of hydrogen-bond acceptors (Lipinski definition) is 4. The van der Waals surface area contributed by atoms with E-state index in [1.807, 2.05) is 48.5 Å². The van der Waals surface area contributed by atoms with Crippen LogP contribution in [0.3, 0.4) is 0 Å². The molecule has 0 amide bonds. The van der Waals surface area contributed by atoms with E-state index in [2.05, 4.69) is 113 Å². The number of rotatable bonds is 5. The molecule has 0 aliphatic heterocycles. The van der Waals surface area contributed by atoms with E-state index in [0.717, 1.165) is 56.2 Å². The normalized spacial score (nSPS) is 11.0. The maximum absolute atomic E-state index is 10.0. The molecule has 0 aliphatic rings. The number of pyridine rings is 3. The Labute approximate surface area is 266 Å². The predicted molar refractivity (Wildman–Crippen MR) is 187 cm³/mol. The smallest absolute Gasteiger partial charge is 0.0992 e. The van der Waals surface area contributed by atoms with Crippen molar-refractivity contribution in [3.63, 3.8) is 0 Å². The van der Waals surface area contributed by atoms with Crippen LogP contribution in [0.25, 0.3) is 77.7 Å². The predicted octanol–water partition coefficient (Wildman–Crippen LogP) is 10.4. The molecule has 4 nitrogen and oxygen atoms in total. The lowest BCUT2D eigenvalue weighted by atomic mass is 9.90. The Kier molecular flexibility index (Phi) is 6.83. The van der Waals surface area contributed by atoms with Crippen LogP contribution in [0.2, 0.25) is 0 Å². The van der Waals surface area contributed by atoms with Gasteiger partial charge >= 0.3 is 0 Å². The number of nitrogens with zero attached hydrogens (tertiary/aromatic N) is 4. The third-order valence-corrected chi connectivity index (χ3v) is 8.37. The molecule has 3 aromatic heterocycles. The van der Waals surface area contributed by atoms with Gasteiger partial charge in [0.1, 0.15) is 0 Å². The molecule has 0 unspecified atom stereocenters. The van der Waals surface area contributed by atoms with Crippen molar-refractivity contribution in [2.24, 2.45) is 0 Å². The van der Waals surface area contributed by atoms with Crippen LogP contribution in [0.1, 0.15) is 5.56 Å². The Bertz CT molecular complexity index is 2350. The minimum Gasteiger partial charge on any atom is -0.255 e. The van der Waals surface area contributed by atoms with Gasteiger partial charge in [0.05, 0.1) is 34.4 Å². The maximum atomic E-state index is 10.0. The summed E-state index contributed by atoms with van der Waals surface area (Å²) in [6, 6.07) is 52.1. The Balaban J connectivity index is 1.22. The number of nitriles is 1. The van der Waals surface area contributed by atoms with E-state index in [4.69, 9.17) is 4.98 Å². The lowest BCUT2D eigenvalue weighted by Crippen LogP contribution is -1.94. The van der Waals surface area contributed by atoms with Gasteiger partial charge in [-0.3, -0.25) is 9.97 Å². The molecule has 0 saturated carbocycles. The first-order chi connectivity index (χ1) is 22.7. The molecule has 0 N–H and O–H groups in total. The first kappa shape index (κ1) is 27.1. The molecule has 0 bridgehead atoms. The third kappa shape index (κ3) is 5.06. The van der Waals surface area contributed by atoms with Gasteiger partial charge in [-0.2, -0.15) is 5.26 Å². The average Bonchev–Trinajstić information content (AvgIpc) is 3.15. The minimum atomic E-state index is 0.628. The summed E-state index contributed by atoms with van der Waals surface area (Å²) in [6.07, 6.45) is 3.56. The highest BCUT2D eigenvalue weighted by molar-refractivity contribution is 6.13. The minimum absolute atomic E-state index is 0.628. The van der Waals surface area contributed by atoms with E-state index in [1.165, 1.54) is 21.5 Å². The van der Waals surface area contributed by atoms with E-state index in [9.17, 15) is 5.26 Å². The zero-order chi connectivity index (χ0) is 30.9. The van der Waals surface area contributed by atoms with Gasteiger partial charge in [-0.25, -0.2) is 4.98 Å². The van der Waals surface area contributed by atoms with Crippen molar-refractivity contribution in [2.75, 3.05) is 0 Å². The van der Waals surface area contributed by atoms with Gasteiger partial charge in [0.2, 0.25) is 0 Å². The molecule has 0 aliphatic carbocycles. The first-order valence-electron chi connectivity index (χ1n) is 15.2. The van der Waals surface area contributed by atoms with E-state index in [-0.39, 0.29) is 0 Å². The molecule has 8 rings (SSSR count). The van der Waals surface area contributed by atoms with Crippen molar-refractivity contribution in [2.45, 2.75) is 0 Å². The summed E-state index contributed by atoms with van der Waals surface area (Å²) in [7, 11) is 0. The highest BCUT2D eigenvalue weighted by atomic mass is 14.8. The number of fused-ring (bicyclic) bond motifs is 3. The second-order valence-corrected chi connectivity index (χ2v) is 11.2. The fourth-order valence-electron chi connectivity index (χ4n) is 6.15. The molecule has 0 saturated heterocycles. The van der Waals surface area contributed by atoms with Crippen molar-refractivity contribution in [3.05, 3.63) is 164 Å². The number of aromatic nitrogens is 3. The van der Waals surface area contributed by atoms with Gasteiger partial charge in [-0.1, -0.05) is 84.9 Å². The molecule has 0 spiro atoms. The van der Waals surface area contributed by atoms with Crippen LogP contribution >= 0.6 is 0 Å². The summed E-state index contributed by atoms with van der Waals surface area (Å²) < 4.78 is 0. The van der Waals surface area contributed by atoms with E-state index in [1.54, 1.807) is 12.4 Å². The van der Waals surface area contributed by atoms with Crippen LogP contribution in [0.15, 0.2) is 158 Å². The second-order valence-electron chi connectivity index (χ2n) is 11.2. The Hall–Kier alpha value is -6.44. The van der Waals surface area contributed by atoms with Crippen LogP contribution in [0.4, 0.5) is 0 Å². The van der Waals surface area contributed by atoms with Gasteiger partial charge in [-0.05, 0) is 116 Å². The largest absolute Gasteiger partial charge is 0.255 e. The molecular formula is C42H26N4. The summed E-state index contributed by atoms with van der Waals surface area (Å²) in [4.78, 5) is 14.0. The monoisotopic (exact) mass is 586 g/mol. The molecule has 5 aromatic carbocycles. The van der Waals surface area contributed by atoms with Crippen molar-refractivity contribution in [3.8, 4) is 62.2 Å². The van der Waals surface area contributed by atoms with Gasteiger partial charge in [0, 0.05) is 12.4 Å². The van der Waals surface area contributed by atoms with E-state index < -0.39 is 0 Å². The zero-order valence-electron chi connectivity index (χ0n) is 24.8. The van der Waals surface area contributed by atoms with Gasteiger partial charge in [0.15, 0.2) is 0 Å². The number of benzene rings is 5. The molecule has 0 fully saturated rings. The molecule has 0 atom stereocenters. The van der Waals surface area contributed by atoms with Crippen LogP contribution in [-0.4, -0.2) is 15.0 Å². The molecule has 3 heterocycles. The van der Waals surface area contributed by atoms with Crippen molar-refractivity contribution in [1.82, 2.24) is 15.0 Å². The van der Waals surface area contributed by atoms with Crippen LogP contribution in [0, 0.1) is 11.3 Å². The SMILES string of the molecule is N#Cc1cc(-c2ccc(-c3cc(-c4ccccn4)nc(-c4ccccn4)c3)cc2)cc(-c2cc3ccccc3c3ccccc23)c1. The highest BCUT2D eigenvalue weighted by Gasteiger charge is 2.13. The molecule has 46 heavy (non-hydrogen) atoms. The molecule has 0 radical (unpaired) electrons. The molecular weight excluding hydrogens is 560 g/mol. The quantitative estimate of drug-likeness (QED) is 0.188. The first-order valence-corrected chi connectivity index (χ1v) is 15.2. The zero-order valence-corrected chi connectivity index (χ0v) is 24.8. The Morgan fingerprint density at radius 2 is 0.957 bits per heavy atom. The van der Waals surface area contributed by atoms with Crippen LogP contribution in [-0.2, 0) is 0 Å². The number of hydrogen-bond donors (Lipinski definition) is 0. The molecule has 4 heteroatoms. The van der Waals surface area contributed by atoms with E-state index in [0.29, 0.717) is 5.56 Å². The van der Waals surface area contributed by atoms with E-state index >= 15 is 0 Å². The summed E-state index contributed by atoms with van der Waals surface area (Å²) in [6.45, 7) is 0. The van der Waals surface area contributed by atoms with Crippen molar-refractivity contribution < 1.29 is 0 Å². The van der Waals surface area contributed by atoms with Crippen molar-refractivity contribution >= 4 is 21.5 Å². The maximum Gasteiger partial charge on any atom is 0.0992 e. The summed E-state index contributed by atoms with van der Waals surface area (Å²) >= 11 is 0.